The van der Waals surface area contributed by atoms with Crippen molar-refractivity contribution in [3.8, 4) is 0 Å². The van der Waals surface area contributed by atoms with Gasteiger partial charge in [0.15, 0.2) is 0 Å². The van der Waals surface area contributed by atoms with Gasteiger partial charge in [-0.15, -0.1) is 12.4 Å². The second kappa shape index (κ2) is 8.18. The summed E-state index contributed by atoms with van der Waals surface area (Å²) in [5.41, 5.74) is 4.05. The van der Waals surface area contributed by atoms with Crippen LogP contribution in [0, 0.1) is 0 Å². The van der Waals surface area contributed by atoms with Crippen LogP contribution < -0.4 is 5.73 Å². The molecule has 2 rings (SSSR count). The number of rotatable bonds is 4. The first-order valence-electron chi connectivity index (χ1n) is 7.24. The maximum atomic E-state index is 12.7. The first kappa shape index (κ1) is 22.8. The predicted molar refractivity (Wildman–Crippen MR) is 87.6 cm³/mol. The molecule has 0 unspecified atom stereocenters. The Balaban J connectivity index is 0.00000364. The number of hydrogen-bond acceptors (Lipinski definition) is 2. The molecule has 2 aromatic rings. The van der Waals surface area contributed by atoms with E-state index in [1.54, 1.807) is 0 Å². The summed E-state index contributed by atoms with van der Waals surface area (Å²) in [6.07, 6.45) is -9.14. The van der Waals surface area contributed by atoms with Gasteiger partial charge in [0.1, 0.15) is 6.04 Å². The van der Waals surface area contributed by atoms with Gasteiger partial charge in [0, 0.05) is 5.92 Å². The van der Waals surface area contributed by atoms with Crippen molar-refractivity contribution >= 4 is 18.4 Å². The number of carboxylic acid groups (broad SMARTS) is 1. The van der Waals surface area contributed by atoms with E-state index in [2.05, 4.69) is 0 Å². The van der Waals surface area contributed by atoms with E-state index < -0.39 is 41.4 Å². The van der Waals surface area contributed by atoms with E-state index in [4.69, 9.17) is 10.8 Å². The highest BCUT2D eigenvalue weighted by Gasteiger charge is 2.33. The number of hydrogen-bond donors (Lipinski definition) is 2. The summed E-state index contributed by atoms with van der Waals surface area (Å²) in [5.74, 6) is -2.55. The molecule has 0 fully saturated rings. The first-order valence-corrected chi connectivity index (χ1v) is 7.24. The van der Waals surface area contributed by atoms with Gasteiger partial charge in [-0.05, 0) is 35.4 Å². The van der Waals surface area contributed by atoms with Gasteiger partial charge in [-0.25, -0.2) is 0 Å². The molecule has 148 valence electrons. The molecule has 10 heteroatoms. The number of carbonyl (C=O) groups is 1. The van der Waals surface area contributed by atoms with Gasteiger partial charge in [0.05, 0.1) is 11.1 Å². The summed E-state index contributed by atoms with van der Waals surface area (Å²) in [7, 11) is 0. The zero-order valence-electron chi connectivity index (χ0n) is 13.4. The summed E-state index contributed by atoms with van der Waals surface area (Å²) in [4.78, 5) is 11.3. The molecular formula is C17H14ClF6NO2. The van der Waals surface area contributed by atoms with Gasteiger partial charge >= 0.3 is 18.3 Å². The van der Waals surface area contributed by atoms with Gasteiger partial charge in [0.2, 0.25) is 0 Å². The van der Waals surface area contributed by atoms with Crippen LogP contribution >= 0.6 is 12.4 Å². The molecule has 0 bridgehead atoms. The number of nitrogens with two attached hydrogens (primary N) is 1. The van der Waals surface area contributed by atoms with Crippen molar-refractivity contribution in [2.45, 2.75) is 24.3 Å². The van der Waals surface area contributed by atoms with Crippen molar-refractivity contribution in [1.29, 1.82) is 0 Å². The number of aliphatic carboxylic acids is 1. The van der Waals surface area contributed by atoms with Crippen LogP contribution in [0.15, 0.2) is 48.5 Å². The van der Waals surface area contributed by atoms with Gasteiger partial charge in [-0.3, -0.25) is 4.79 Å². The molecule has 3 nitrogen and oxygen atoms in total. The van der Waals surface area contributed by atoms with Crippen LogP contribution in [0.25, 0.3) is 0 Å². The van der Waals surface area contributed by atoms with E-state index in [0.717, 1.165) is 48.5 Å². The molecule has 0 saturated heterocycles. The van der Waals surface area contributed by atoms with Crippen molar-refractivity contribution in [2.75, 3.05) is 0 Å². The van der Waals surface area contributed by atoms with Crippen LogP contribution in [0.4, 0.5) is 26.3 Å². The van der Waals surface area contributed by atoms with Crippen molar-refractivity contribution < 1.29 is 36.2 Å². The summed E-state index contributed by atoms with van der Waals surface area (Å²) in [6, 6.07) is 5.76. The molecule has 0 heterocycles. The molecule has 0 aromatic heterocycles. The van der Waals surface area contributed by atoms with Crippen LogP contribution in [0.1, 0.15) is 28.2 Å². The third-order valence-electron chi connectivity index (χ3n) is 3.84. The van der Waals surface area contributed by atoms with Gasteiger partial charge in [0.25, 0.3) is 0 Å². The molecule has 0 spiro atoms. The van der Waals surface area contributed by atoms with Crippen LogP contribution in [-0.4, -0.2) is 17.1 Å². The third kappa shape index (κ3) is 5.36. The maximum Gasteiger partial charge on any atom is 0.416 e. The maximum absolute atomic E-state index is 12.7. The van der Waals surface area contributed by atoms with Gasteiger partial charge < -0.3 is 10.8 Å². The SMILES string of the molecule is Cl.N[C@H](C(=O)O)C(c1ccc(C(F)(F)F)cc1)c1ccc(C(F)(F)F)cc1. The Labute approximate surface area is 156 Å². The molecule has 0 saturated carbocycles. The molecule has 0 aliphatic carbocycles. The second-order valence-electron chi connectivity index (χ2n) is 5.58. The molecule has 1 atom stereocenters. The first-order chi connectivity index (χ1) is 11.9. The van der Waals surface area contributed by atoms with Crippen molar-refractivity contribution in [2.24, 2.45) is 5.73 Å². The van der Waals surface area contributed by atoms with E-state index >= 15 is 0 Å². The van der Waals surface area contributed by atoms with Crippen LogP contribution in [0.5, 0.6) is 0 Å². The van der Waals surface area contributed by atoms with Crippen molar-refractivity contribution in [3.63, 3.8) is 0 Å². The minimum atomic E-state index is -4.57. The Morgan fingerprint density at radius 1 is 0.778 bits per heavy atom. The minimum absolute atomic E-state index is 0. The van der Waals surface area contributed by atoms with Crippen molar-refractivity contribution in [1.82, 2.24) is 0 Å². The molecular weight excluding hydrogens is 400 g/mol. The van der Waals surface area contributed by atoms with E-state index in [-0.39, 0.29) is 23.5 Å². The number of carboxylic acids is 1. The topological polar surface area (TPSA) is 63.3 Å². The molecule has 0 radical (unpaired) electrons. The summed E-state index contributed by atoms with van der Waals surface area (Å²) >= 11 is 0. The van der Waals surface area contributed by atoms with Crippen LogP contribution in [-0.2, 0) is 17.1 Å². The third-order valence-corrected chi connectivity index (χ3v) is 3.84. The van der Waals surface area contributed by atoms with Gasteiger partial charge in [-0.2, -0.15) is 26.3 Å². The molecule has 27 heavy (non-hydrogen) atoms. The molecule has 0 aliphatic rings. The fourth-order valence-corrected chi connectivity index (χ4v) is 2.51. The number of benzene rings is 2. The highest BCUT2D eigenvalue weighted by Crippen LogP contribution is 2.34. The average molecular weight is 414 g/mol. The Morgan fingerprint density at radius 3 is 1.30 bits per heavy atom. The smallest absolute Gasteiger partial charge is 0.416 e. The highest BCUT2D eigenvalue weighted by molar-refractivity contribution is 5.85. The zero-order valence-corrected chi connectivity index (χ0v) is 14.2. The quantitative estimate of drug-likeness (QED) is 0.715. The molecule has 2 aromatic carbocycles. The standard InChI is InChI=1S/C17H13F6NO2.ClH/c18-16(19,20)11-5-1-9(2-6-11)13(14(24)15(25)26)10-3-7-12(8-4-10)17(21,22)23;/h1-8,13-14H,24H2,(H,25,26);1H/t14-;/m0./s1. The molecule has 0 amide bonds. The lowest BCUT2D eigenvalue weighted by Gasteiger charge is -2.23. The predicted octanol–water partition coefficient (Wildman–Crippen LogP) is 4.69. The lowest BCUT2D eigenvalue weighted by atomic mass is 9.84. The van der Waals surface area contributed by atoms with Crippen LogP contribution in [0.3, 0.4) is 0 Å². The highest BCUT2D eigenvalue weighted by atomic mass is 35.5. The molecule has 3 N–H and O–H groups in total. The molecule has 0 aliphatic heterocycles. The summed E-state index contributed by atoms with van der Waals surface area (Å²) < 4.78 is 76.0. The Bertz CT molecular complexity index is 714. The zero-order chi connectivity index (χ0) is 19.7. The average Bonchev–Trinajstić information content (AvgIpc) is 2.54. The normalized spacial score (nSPS) is 13.2. The Kier molecular flexibility index (Phi) is 6.90. The van der Waals surface area contributed by atoms with E-state index in [0.29, 0.717) is 0 Å². The van der Waals surface area contributed by atoms with Crippen molar-refractivity contribution in [3.05, 3.63) is 70.8 Å². The van der Waals surface area contributed by atoms with E-state index in [9.17, 15) is 31.1 Å². The summed E-state index contributed by atoms with van der Waals surface area (Å²) in [5, 5.41) is 9.16. The lowest BCUT2D eigenvalue weighted by molar-refractivity contribution is -0.139. The minimum Gasteiger partial charge on any atom is -0.480 e. The second-order valence-corrected chi connectivity index (χ2v) is 5.58. The number of alkyl halides is 6. The van der Waals surface area contributed by atoms with Crippen LogP contribution in [0.2, 0.25) is 0 Å². The Morgan fingerprint density at radius 2 is 1.07 bits per heavy atom. The van der Waals surface area contributed by atoms with Gasteiger partial charge in [-0.1, -0.05) is 24.3 Å². The fraction of sp³-hybridized carbons (Fsp3) is 0.235. The van der Waals surface area contributed by atoms with E-state index in [1.165, 1.54) is 0 Å². The monoisotopic (exact) mass is 413 g/mol. The summed E-state index contributed by atoms with van der Waals surface area (Å²) in [6.45, 7) is 0. The number of halogens is 7. The Hall–Kier alpha value is -2.26. The fourth-order valence-electron chi connectivity index (χ4n) is 2.51. The van der Waals surface area contributed by atoms with E-state index in [1.807, 2.05) is 0 Å². The largest absolute Gasteiger partial charge is 0.480 e. The lowest BCUT2D eigenvalue weighted by Crippen LogP contribution is -2.37.